The summed E-state index contributed by atoms with van der Waals surface area (Å²) in [7, 11) is 0. The van der Waals surface area contributed by atoms with E-state index >= 15 is 0 Å². The molecule has 1 aromatic carbocycles. The van der Waals surface area contributed by atoms with Crippen molar-refractivity contribution in [1.29, 1.82) is 0 Å². The highest BCUT2D eigenvalue weighted by Gasteiger charge is 2.21. The van der Waals surface area contributed by atoms with Crippen molar-refractivity contribution in [3.05, 3.63) is 64.4 Å². The fraction of sp³-hybridized carbons (Fsp3) is 0.214. The van der Waals surface area contributed by atoms with Gasteiger partial charge in [0.2, 0.25) is 0 Å². The second-order valence-corrected chi connectivity index (χ2v) is 4.67. The first kappa shape index (κ1) is 10.8. The largest absolute Gasteiger partial charge is 0.305 e. The minimum absolute atomic E-state index is 0.165. The Labute approximate surface area is 106 Å². The number of pyridine rings is 1. The molecule has 86 valence electrons. The normalized spacial score (nSPS) is 18.8. The second kappa shape index (κ2) is 4.47. The van der Waals surface area contributed by atoms with Crippen LogP contribution in [0.15, 0.2) is 42.6 Å². The minimum Gasteiger partial charge on any atom is -0.305 e. The van der Waals surface area contributed by atoms with E-state index in [2.05, 4.69) is 34.6 Å². The molecular formula is C14H13ClN2. The Morgan fingerprint density at radius 3 is 3.00 bits per heavy atom. The molecule has 3 heteroatoms. The van der Waals surface area contributed by atoms with Crippen LogP contribution in [0.1, 0.15) is 22.9 Å². The smallest absolute Gasteiger partial charge is 0.0754 e. The molecule has 17 heavy (non-hydrogen) atoms. The van der Waals surface area contributed by atoms with Crippen molar-refractivity contribution in [1.82, 2.24) is 10.3 Å². The Balaban J connectivity index is 2.06. The van der Waals surface area contributed by atoms with Gasteiger partial charge in [0.1, 0.15) is 0 Å². The number of hydrogen-bond acceptors (Lipinski definition) is 2. The van der Waals surface area contributed by atoms with Gasteiger partial charge >= 0.3 is 0 Å². The van der Waals surface area contributed by atoms with E-state index in [1.807, 2.05) is 6.07 Å². The Kier molecular flexibility index (Phi) is 2.83. The van der Waals surface area contributed by atoms with Gasteiger partial charge < -0.3 is 5.32 Å². The van der Waals surface area contributed by atoms with E-state index in [-0.39, 0.29) is 6.04 Å². The number of aromatic nitrogens is 1. The van der Waals surface area contributed by atoms with Crippen LogP contribution in [0.4, 0.5) is 0 Å². The quantitative estimate of drug-likeness (QED) is 0.834. The van der Waals surface area contributed by atoms with Crippen LogP contribution in [0.25, 0.3) is 0 Å². The maximum atomic E-state index is 6.02. The molecule has 0 aliphatic carbocycles. The Bertz CT molecular complexity index is 539. The van der Waals surface area contributed by atoms with E-state index in [4.69, 9.17) is 11.6 Å². The average Bonchev–Trinajstić information content (AvgIpc) is 2.38. The van der Waals surface area contributed by atoms with Crippen LogP contribution in [0.3, 0.4) is 0 Å². The first-order valence-electron chi connectivity index (χ1n) is 5.77. The molecule has 0 amide bonds. The summed E-state index contributed by atoms with van der Waals surface area (Å²) in [6, 6.07) is 12.4. The Hall–Kier alpha value is -1.38. The predicted octanol–water partition coefficient (Wildman–Crippen LogP) is 2.97. The molecule has 1 N–H and O–H groups in total. The fourth-order valence-electron chi connectivity index (χ4n) is 2.35. The molecule has 1 aliphatic heterocycles. The summed E-state index contributed by atoms with van der Waals surface area (Å²) in [6.07, 6.45) is 2.84. The molecule has 3 rings (SSSR count). The van der Waals surface area contributed by atoms with E-state index < -0.39 is 0 Å². The van der Waals surface area contributed by atoms with Crippen molar-refractivity contribution >= 4 is 11.6 Å². The van der Waals surface area contributed by atoms with Crippen molar-refractivity contribution in [2.75, 3.05) is 6.54 Å². The molecule has 1 aromatic heterocycles. The average molecular weight is 245 g/mol. The molecule has 1 atom stereocenters. The van der Waals surface area contributed by atoms with Crippen molar-refractivity contribution < 1.29 is 0 Å². The molecule has 0 fully saturated rings. The van der Waals surface area contributed by atoms with Gasteiger partial charge in [0, 0.05) is 17.8 Å². The van der Waals surface area contributed by atoms with Gasteiger partial charge in [-0.05, 0) is 29.7 Å². The van der Waals surface area contributed by atoms with E-state index in [0.717, 1.165) is 23.7 Å². The summed E-state index contributed by atoms with van der Waals surface area (Å²) in [5.41, 5.74) is 3.70. The summed E-state index contributed by atoms with van der Waals surface area (Å²) in [6.45, 7) is 0.982. The highest BCUT2D eigenvalue weighted by atomic mass is 35.5. The van der Waals surface area contributed by atoms with Crippen molar-refractivity contribution in [3.8, 4) is 0 Å². The van der Waals surface area contributed by atoms with Gasteiger partial charge in [-0.25, -0.2) is 0 Å². The standard InChI is InChI=1S/C14H13ClN2/c15-11-6-8-16-13(9-11)14-12-4-2-1-3-10(12)5-7-17-14/h1-4,6,8-9,14,17H,5,7H2/t14-/m0/s1. The zero-order valence-electron chi connectivity index (χ0n) is 9.36. The molecule has 0 bridgehead atoms. The van der Waals surface area contributed by atoms with E-state index in [1.165, 1.54) is 11.1 Å². The Morgan fingerprint density at radius 2 is 2.12 bits per heavy atom. The lowest BCUT2D eigenvalue weighted by Gasteiger charge is -2.26. The lowest BCUT2D eigenvalue weighted by atomic mass is 9.92. The number of benzene rings is 1. The highest BCUT2D eigenvalue weighted by molar-refractivity contribution is 6.30. The Morgan fingerprint density at radius 1 is 1.24 bits per heavy atom. The van der Waals surface area contributed by atoms with Crippen LogP contribution in [-0.4, -0.2) is 11.5 Å². The lowest BCUT2D eigenvalue weighted by molar-refractivity contribution is 0.557. The maximum Gasteiger partial charge on any atom is 0.0754 e. The summed E-state index contributed by atoms with van der Waals surface area (Å²) in [5.74, 6) is 0. The van der Waals surface area contributed by atoms with Crippen LogP contribution < -0.4 is 5.32 Å². The second-order valence-electron chi connectivity index (χ2n) is 4.23. The third kappa shape index (κ3) is 2.06. The summed E-state index contributed by atoms with van der Waals surface area (Å²) < 4.78 is 0. The zero-order chi connectivity index (χ0) is 11.7. The number of fused-ring (bicyclic) bond motifs is 1. The van der Waals surface area contributed by atoms with Crippen LogP contribution in [0, 0.1) is 0 Å². The van der Waals surface area contributed by atoms with Gasteiger partial charge in [-0.15, -0.1) is 0 Å². The summed E-state index contributed by atoms with van der Waals surface area (Å²) in [4.78, 5) is 4.42. The van der Waals surface area contributed by atoms with Crippen LogP contribution in [-0.2, 0) is 6.42 Å². The number of nitrogens with zero attached hydrogens (tertiary/aromatic N) is 1. The number of halogens is 1. The molecule has 0 spiro atoms. The molecule has 0 unspecified atom stereocenters. The van der Waals surface area contributed by atoms with Crippen molar-refractivity contribution in [3.63, 3.8) is 0 Å². The van der Waals surface area contributed by atoms with E-state index in [9.17, 15) is 0 Å². The molecular weight excluding hydrogens is 232 g/mol. The molecule has 2 aromatic rings. The molecule has 0 saturated carbocycles. The van der Waals surface area contributed by atoms with E-state index in [1.54, 1.807) is 12.3 Å². The summed E-state index contributed by atoms with van der Waals surface area (Å²) >= 11 is 6.02. The SMILES string of the molecule is Clc1ccnc([C@H]2NCCc3ccccc32)c1. The van der Waals surface area contributed by atoms with Gasteiger partial charge in [-0.1, -0.05) is 35.9 Å². The highest BCUT2D eigenvalue weighted by Crippen LogP contribution is 2.28. The first-order valence-corrected chi connectivity index (χ1v) is 6.15. The van der Waals surface area contributed by atoms with Crippen LogP contribution >= 0.6 is 11.6 Å². The van der Waals surface area contributed by atoms with Gasteiger partial charge in [-0.2, -0.15) is 0 Å². The zero-order valence-corrected chi connectivity index (χ0v) is 10.1. The third-order valence-electron chi connectivity index (χ3n) is 3.15. The van der Waals surface area contributed by atoms with Crippen LogP contribution in [0.5, 0.6) is 0 Å². The van der Waals surface area contributed by atoms with Gasteiger partial charge in [0.05, 0.1) is 11.7 Å². The molecule has 2 heterocycles. The minimum atomic E-state index is 0.165. The van der Waals surface area contributed by atoms with Crippen molar-refractivity contribution in [2.45, 2.75) is 12.5 Å². The van der Waals surface area contributed by atoms with Gasteiger partial charge in [-0.3, -0.25) is 4.98 Å². The molecule has 0 saturated heterocycles. The molecule has 0 radical (unpaired) electrons. The fourth-order valence-corrected chi connectivity index (χ4v) is 2.52. The first-order chi connectivity index (χ1) is 8.34. The predicted molar refractivity (Wildman–Crippen MR) is 69.2 cm³/mol. The topological polar surface area (TPSA) is 24.9 Å². The number of rotatable bonds is 1. The van der Waals surface area contributed by atoms with E-state index in [0.29, 0.717) is 0 Å². The molecule has 2 nitrogen and oxygen atoms in total. The van der Waals surface area contributed by atoms with Crippen LogP contribution in [0.2, 0.25) is 5.02 Å². The number of nitrogens with one attached hydrogen (secondary N) is 1. The van der Waals surface area contributed by atoms with Crippen molar-refractivity contribution in [2.24, 2.45) is 0 Å². The van der Waals surface area contributed by atoms with Gasteiger partial charge in [0.25, 0.3) is 0 Å². The summed E-state index contributed by atoms with van der Waals surface area (Å²) in [5, 5.41) is 4.23. The van der Waals surface area contributed by atoms with Gasteiger partial charge in [0.15, 0.2) is 0 Å². The lowest BCUT2D eigenvalue weighted by Crippen LogP contribution is -2.31. The monoisotopic (exact) mass is 244 g/mol. The maximum absolute atomic E-state index is 6.02. The number of hydrogen-bond donors (Lipinski definition) is 1. The molecule has 1 aliphatic rings. The third-order valence-corrected chi connectivity index (χ3v) is 3.38.